The Kier molecular flexibility index (Phi) is 3.62. The molecule has 1 unspecified atom stereocenters. The monoisotopic (exact) mass is 232 g/mol. The van der Waals surface area contributed by atoms with Crippen molar-refractivity contribution in [3.8, 4) is 0 Å². The molecular weight excluding hydrogens is 219 g/mol. The maximum absolute atomic E-state index is 12.7. The van der Waals surface area contributed by atoms with Gasteiger partial charge in [-0.15, -0.1) is 11.8 Å². The van der Waals surface area contributed by atoms with E-state index in [-0.39, 0.29) is 5.82 Å². The van der Waals surface area contributed by atoms with Crippen LogP contribution in [0.15, 0.2) is 59.5 Å². The van der Waals surface area contributed by atoms with Gasteiger partial charge in [-0.3, -0.25) is 0 Å². The second-order valence-corrected chi connectivity index (χ2v) is 5.04. The van der Waals surface area contributed by atoms with Crippen LogP contribution in [0, 0.1) is 5.82 Å². The molecule has 0 N–H and O–H groups in total. The zero-order valence-electron chi connectivity index (χ0n) is 9.06. The SMILES string of the molecule is CC(Sc1ccc(F)cc1)c1ccccc1. The largest absolute Gasteiger partial charge is 0.207 e. The molecule has 0 amide bonds. The Morgan fingerprint density at radius 1 is 0.938 bits per heavy atom. The molecule has 1 atom stereocenters. The van der Waals surface area contributed by atoms with E-state index in [9.17, 15) is 4.39 Å². The van der Waals surface area contributed by atoms with E-state index in [1.54, 1.807) is 11.8 Å². The third kappa shape index (κ3) is 2.86. The first-order chi connectivity index (χ1) is 7.75. The van der Waals surface area contributed by atoms with Crippen LogP contribution in [-0.2, 0) is 0 Å². The fraction of sp³-hybridized carbons (Fsp3) is 0.143. The molecule has 2 heteroatoms. The van der Waals surface area contributed by atoms with Gasteiger partial charge in [-0.2, -0.15) is 0 Å². The molecule has 0 fully saturated rings. The van der Waals surface area contributed by atoms with Gasteiger partial charge in [-0.25, -0.2) is 4.39 Å². The van der Waals surface area contributed by atoms with Crippen molar-refractivity contribution in [1.82, 2.24) is 0 Å². The second kappa shape index (κ2) is 5.17. The summed E-state index contributed by atoms with van der Waals surface area (Å²) >= 11 is 1.74. The molecule has 0 aromatic heterocycles. The lowest BCUT2D eigenvalue weighted by Gasteiger charge is -2.11. The van der Waals surface area contributed by atoms with Gasteiger partial charge in [0.25, 0.3) is 0 Å². The van der Waals surface area contributed by atoms with Crippen molar-refractivity contribution < 1.29 is 4.39 Å². The van der Waals surface area contributed by atoms with E-state index < -0.39 is 0 Å². The molecular formula is C14H13FS. The average Bonchev–Trinajstić information content (AvgIpc) is 2.33. The zero-order valence-corrected chi connectivity index (χ0v) is 9.88. The molecule has 82 valence electrons. The predicted octanol–water partition coefficient (Wildman–Crippen LogP) is 4.68. The van der Waals surface area contributed by atoms with Crippen LogP contribution >= 0.6 is 11.8 Å². The van der Waals surface area contributed by atoms with E-state index >= 15 is 0 Å². The Morgan fingerprint density at radius 2 is 1.56 bits per heavy atom. The molecule has 0 saturated carbocycles. The van der Waals surface area contributed by atoms with Gasteiger partial charge >= 0.3 is 0 Å². The highest BCUT2D eigenvalue weighted by molar-refractivity contribution is 7.99. The third-order valence-electron chi connectivity index (χ3n) is 2.40. The van der Waals surface area contributed by atoms with Crippen LogP contribution in [0.4, 0.5) is 4.39 Å². The molecule has 0 saturated heterocycles. The quantitative estimate of drug-likeness (QED) is 0.692. The number of thioether (sulfide) groups is 1. The number of benzene rings is 2. The van der Waals surface area contributed by atoms with Gasteiger partial charge in [0.1, 0.15) is 5.82 Å². The third-order valence-corrected chi connectivity index (χ3v) is 3.57. The predicted molar refractivity (Wildman–Crippen MR) is 67.1 cm³/mol. The summed E-state index contributed by atoms with van der Waals surface area (Å²) in [6, 6.07) is 17.0. The van der Waals surface area contributed by atoms with Gasteiger partial charge in [0, 0.05) is 10.1 Å². The minimum atomic E-state index is -0.184. The Bertz CT molecular complexity index is 436. The minimum absolute atomic E-state index is 0.184. The Morgan fingerprint density at radius 3 is 2.19 bits per heavy atom. The maximum Gasteiger partial charge on any atom is 0.123 e. The summed E-state index contributed by atoms with van der Waals surface area (Å²) in [5, 5.41) is 0.381. The van der Waals surface area contributed by atoms with Crippen molar-refractivity contribution in [1.29, 1.82) is 0 Å². The Hall–Kier alpha value is -1.28. The van der Waals surface area contributed by atoms with Crippen molar-refractivity contribution in [2.24, 2.45) is 0 Å². The molecule has 0 aliphatic heterocycles. The average molecular weight is 232 g/mol. The molecule has 2 rings (SSSR count). The number of hydrogen-bond donors (Lipinski definition) is 0. The van der Waals surface area contributed by atoms with Gasteiger partial charge in [0.2, 0.25) is 0 Å². The van der Waals surface area contributed by atoms with E-state index in [1.807, 2.05) is 30.3 Å². The van der Waals surface area contributed by atoms with E-state index in [4.69, 9.17) is 0 Å². The highest BCUT2D eigenvalue weighted by atomic mass is 32.2. The lowest BCUT2D eigenvalue weighted by Crippen LogP contribution is -1.87. The van der Waals surface area contributed by atoms with Crippen molar-refractivity contribution in [2.45, 2.75) is 17.1 Å². The molecule has 0 heterocycles. The van der Waals surface area contributed by atoms with E-state index in [0.717, 1.165) is 4.90 Å². The molecule has 0 aliphatic rings. The molecule has 2 aromatic carbocycles. The molecule has 2 aromatic rings. The maximum atomic E-state index is 12.7. The summed E-state index contributed by atoms with van der Waals surface area (Å²) in [4.78, 5) is 1.10. The Balaban J connectivity index is 2.08. The van der Waals surface area contributed by atoms with Crippen LogP contribution in [0.25, 0.3) is 0 Å². The summed E-state index contributed by atoms with van der Waals surface area (Å²) in [6.45, 7) is 2.16. The second-order valence-electron chi connectivity index (χ2n) is 3.62. The van der Waals surface area contributed by atoms with Crippen LogP contribution in [0.2, 0.25) is 0 Å². The molecule has 0 radical (unpaired) electrons. The standard InChI is InChI=1S/C14H13FS/c1-11(12-5-3-2-4-6-12)16-14-9-7-13(15)8-10-14/h2-11H,1H3. The first-order valence-corrected chi connectivity index (χ1v) is 6.11. The summed E-state index contributed by atoms with van der Waals surface area (Å²) in [6.07, 6.45) is 0. The normalized spacial score (nSPS) is 12.4. The van der Waals surface area contributed by atoms with E-state index in [1.165, 1.54) is 17.7 Å². The van der Waals surface area contributed by atoms with Crippen molar-refractivity contribution in [3.05, 3.63) is 66.0 Å². The Labute approximate surface area is 99.5 Å². The van der Waals surface area contributed by atoms with Gasteiger partial charge in [0.05, 0.1) is 0 Å². The van der Waals surface area contributed by atoms with Gasteiger partial charge in [-0.05, 0) is 36.8 Å². The van der Waals surface area contributed by atoms with Gasteiger partial charge < -0.3 is 0 Å². The van der Waals surface area contributed by atoms with Gasteiger partial charge in [0.15, 0.2) is 0 Å². The number of halogens is 1. The smallest absolute Gasteiger partial charge is 0.123 e. The summed E-state index contributed by atoms with van der Waals surface area (Å²) in [5.74, 6) is -0.184. The fourth-order valence-electron chi connectivity index (χ4n) is 1.51. The van der Waals surface area contributed by atoms with Crippen LogP contribution in [0.1, 0.15) is 17.7 Å². The molecule has 0 aliphatic carbocycles. The molecule has 0 bridgehead atoms. The fourth-order valence-corrected chi connectivity index (χ4v) is 2.50. The summed E-state index contributed by atoms with van der Waals surface area (Å²) < 4.78 is 12.7. The van der Waals surface area contributed by atoms with Crippen molar-refractivity contribution in [2.75, 3.05) is 0 Å². The van der Waals surface area contributed by atoms with E-state index in [2.05, 4.69) is 19.1 Å². The summed E-state index contributed by atoms with van der Waals surface area (Å²) in [5.41, 5.74) is 1.29. The lowest BCUT2D eigenvalue weighted by molar-refractivity contribution is 0.626. The first-order valence-electron chi connectivity index (χ1n) is 5.23. The van der Waals surface area contributed by atoms with E-state index in [0.29, 0.717) is 5.25 Å². The van der Waals surface area contributed by atoms with Crippen molar-refractivity contribution in [3.63, 3.8) is 0 Å². The highest BCUT2D eigenvalue weighted by Crippen LogP contribution is 2.34. The zero-order chi connectivity index (χ0) is 11.4. The molecule has 0 nitrogen and oxygen atoms in total. The molecule has 0 spiro atoms. The van der Waals surface area contributed by atoms with Crippen molar-refractivity contribution >= 4 is 11.8 Å². The van der Waals surface area contributed by atoms with Crippen LogP contribution in [-0.4, -0.2) is 0 Å². The van der Waals surface area contributed by atoms with Crippen LogP contribution in [0.3, 0.4) is 0 Å². The lowest BCUT2D eigenvalue weighted by atomic mass is 10.2. The topological polar surface area (TPSA) is 0 Å². The number of hydrogen-bond acceptors (Lipinski definition) is 1. The minimum Gasteiger partial charge on any atom is -0.207 e. The van der Waals surface area contributed by atoms with Crippen LogP contribution in [0.5, 0.6) is 0 Å². The first kappa shape index (κ1) is 11.2. The number of rotatable bonds is 3. The van der Waals surface area contributed by atoms with Crippen LogP contribution < -0.4 is 0 Å². The van der Waals surface area contributed by atoms with Gasteiger partial charge in [-0.1, -0.05) is 30.3 Å². The summed E-state index contributed by atoms with van der Waals surface area (Å²) in [7, 11) is 0. The highest BCUT2D eigenvalue weighted by Gasteiger charge is 2.06. The molecule has 16 heavy (non-hydrogen) atoms.